The van der Waals surface area contributed by atoms with E-state index < -0.39 is 0 Å². The van der Waals surface area contributed by atoms with Crippen LogP contribution in [0.3, 0.4) is 0 Å². The molecular formula is C21H27N7O. The van der Waals surface area contributed by atoms with Crippen molar-refractivity contribution in [1.82, 2.24) is 29.9 Å². The number of hydrogen-bond donors (Lipinski definition) is 1. The number of hydrogen-bond acceptors (Lipinski definition) is 6. The second-order valence-electron chi connectivity index (χ2n) is 8.23. The van der Waals surface area contributed by atoms with E-state index in [9.17, 15) is 4.79 Å². The summed E-state index contributed by atoms with van der Waals surface area (Å²) in [5.74, 6) is 0.930. The van der Waals surface area contributed by atoms with Crippen LogP contribution in [0.1, 0.15) is 26.7 Å². The van der Waals surface area contributed by atoms with E-state index in [-0.39, 0.29) is 11.8 Å². The molecule has 1 aliphatic heterocycles. The number of likely N-dealkylation sites (tertiary alicyclic amines) is 1. The van der Waals surface area contributed by atoms with E-state index in [2.05, 4.69) is 44.3 Å². The van der Waals surface area contributed by atoms with Crippen LogP contribution in [-0.2, 0) is 11.8 Å². The Kier molecular flexibility index (Phi) is 5.53. The molecule has 29 heavy (non-hydrogen) atoms. The van der Waals surface area contributed by atoms with Gasteiger partial charge in [-0.05, 0) is 31.4 Å². The molecule has 4 rings (SSSR count). The maximum Gasteiger partial charge on any atom is 0.231 e. The molecule has 1 fully saturated rings. The molecule has 152 valence electrons. The van der Waals surface area contributed by atoms with E-state index in [1.54, 1.807) is 10.9 Å². The van der Waals surface area contributed by atoms with Gasteiger partial charge in [-0.3, -0.25) is 14.8 Å². The highest BCUT2D eigenvalue weighted by molar-refractivity contribution is 5.92. The molecule has 2 aromatic heterocycles. The molecule has 0 saturated carbocycles. The first-order chi connectivity index (χ1) is 14.0. The fraction of sp³-hybridized carbons (Fsp3) is 0.476. The van der Waals surface area contributed by atoms with Gasteiger partial charge in [-0.25, -0.2) is 9.97 Å². The number of piperidine rings is 1. The van der Waals surface area contributed by atoms with Crippen molar-refractivity contribution in [3.63, 3.8) is 0 Å². The maximum atomic E-state index is 12.8. The van der Waals surface area contributed by atoms with Crippen molar-refractivity contribution in [3.05, 3.63) is 30.6 Å². The SMILES string of the molecule is CC(C)CN1CCCC(C(=O)Nc2ncc3ccc(-c4cn(C)nn4)cc3n2)C1. The minimum absolute atomic E-state index is 0.00267. The van der Waals surface area contributed by atoms with Crippen molar-refractivity contribution >= 4 is 22.8 Å². The van der Waals surface area contributed by atoms with Crippen LogP contribution in [0, 0.1) is 11.8 Å². The molecule has 1 N–H and O–H groups in total. The van der Waals surface area contributed by atoms with Gasteiger partial charge >= 0.3 is 0 Å². The Morgan fingerprint density at radius 2 is 2.21 bits per heavy atom. The smallest absolute Gasteiger partial charge is 0.231 e. The van der Waals surface area contributed by atoms with Crippen LogP contribution in [0.4, 0.5) is 5.95 Å². The summed E-state index contributed by atoms with van der Waals surface area (Å²) in [5.41, 5.74) is 2.48. The molecule has 1 unspecified atom stereocenters. The molecule has 0 radical (unpaired) electrons. The van der Waals surface area contributed by atoms with E-state index in [1.165, 1.54) is 0 Å². The number of carbonyl (C=O) groups is 1. The first kappa shape index (κ1) is 19.4. The summed E-state index contributed by atoms with van der Waals surface area (Å²) in [6.07, 6.45) is 5.55. The van der Waals surface area contributed by atoms with Crippen molar-refractivity contribution in [3.8, 4) is 11.3 Å². The minimum atomic E-state index is -0.0206. The lowest BCUT2D eigenvalue weighted by atomic mass is 9.96. The lowest BCUT2D eigenvalue weighted by molar-refractivity contribution is -0.121. The Hall–Kier alpha value is -2.87. The van der Waals surface area contributed by atoms with Gasteiger partial charge in [-0.15, -0.1) is 5.10 Å². The Morgan fingerprint density at radius 3 is 2.97 bits per heavy atom. The average molecular weight is 393 g/mol. The molecule has 1 amide bonds. The summed E-state index contributed by atoms with van der Waals surface area (Å²) in [7, 11) is 1.83. The van der Waals surface area contributed by atoms with Gasteiger partial charge in [0.05, 0.1) is 17.6 Å². The lowest BCUT2D eigenvalue weighted by Gasteiger charge is -2.32. The molecule has 1 aromatic carbocycles. The van der Waals surface area contributed by atoms with Gasteiger partial charge in [0.25, 0.3) is 0 Å². The quantitative estimate of drug-likeness (QED) is 0.717. The van der Waals surface area contributed by atoms with Crippen molar-refractivity contribution < 1.29 is 4.79 Å². The molecule has 0 aliphatic carbocycles. The molecule has 1 atom stereocenters. The zero-order chi connectivity index (χ0) is 20.4. The minimum Gasteiger partial charge on any atom is -0.302 e. The van der Waals surface area contributed by atoms with Gasteiger partial charge in [-0.1, -0.05) is 31.2 Å². The normalized spacial score (nSPS) is 17.7. The third kappa shape index (κ3) is 4.59. The van der Waals surface area contributed by atoms with E-state index in [4.69, 9.17) is 0 Å². The summed E-state index contributed by atoms with van der Waals surface area (Å²) < 4.78 is 1.66. The van der Waals surface area contributed by atoms with E-state index in [1.807, 2.05) is 31.4 Å². The number of anilines is 1. The number of nitrogens with zero attached hydrogens (tertiary/aromatic N) is 6. The van der Waals surface area contributed by atoms with Crippen molar-refractivity contribution in [2.45, 2.75) is 26.7 Å². The Morgan fingerprint density at radius 1 is 1.34 bits per heavy atom. The molecule has 0 bridgehead atoms. The molecule has 3 heterocycles. The highest BCUT2D eigenvalue weighted by Gasteiger charge is 2.26. The molecule has 0 spiro atoms. The van der Waals surface area contributed by atoms with Crippen molar-refractivity contribution in [2.24, 2.45) is 18.9 Å². The largest absolute Gasteiger partial charge is 0.302 e. The molecule has 8 nitrogen and oxygen atoms in total. The Balaban J connectivity index is 1.49. The number of benzene rings is 1. The first-order valence-corrected chi connectivity index (χ1v) is 10.1. The van der Waals surface area contributed by atoms with Crippen LogP contribution < -0.4 is 5.32 Å². The number of carbonyl (C=O) groups excluding carboxylic acids is 1. The number of amides is 1. The van der Waals surface area contributed by atoms with Gasteiger partial charge in [0.2, 0.25) is 11.9 Å². The van der Waals surface area contributed by atoms with Gasteiger partial charge in [0.15, 0.2) is 0 Å². The van der Waals surface area contributed by atoms with Crippen LogP contribution >= 0.6 is 0 Å². The highest BCUT2D eigenvalue weighted by atomic mass is 16.2. The predicted octanol–water partition coefficient (Wildman–Crippen LogP) is 2.73. The molecule has 8 heteroatoms. The first-order valence-electron chi connectivity index (χ1n) is 10.1. The van der Waals surface area contributed by atoms with Crippen LogP contribution in [0.5, 0.6) is 0 Å². The standard InChI is InChI=1S/C21H27N7O/c1-14(2)11-28-8-4-5-17(12-28)20(29)24-21-22-10-16-7-6-15(9-18(16)23-21)19-13-27(3)26-25-19/h6-7,9-10,13-14,17H,4-5,8,11-12H2,1-3H3,(H,22,23,24,29). The van der Waals surface area contributed by atoms with E-state index >= 15 is 0 Å². The van der Waals surface area contributed by atoms with Crippen molar-refractivity contribution in [1.29, 1.82) is 0 Å². The lowest BCUT2D eigenvalue weighted by Crippen LogP contribution is -2.42. The summed E-state index contributed by atoms with van der Waals surface area (Å²) in [6.45, 7) is 7.32. The Bertz CT molecular complexity index is 1010. The van der Waals surface area contributed by atoms with Crippen LogP contribution in [0.25, 0.3) is 22.2 Å². The molecule has 1 aliphatic rings. The fourth-order valence-electron chi connectivity index (χ4n) is 3.89. The second-order valence-corrected chi connectivity index (χ2v) is 8.23. The highest BCUT2D eigenvalue weighted by Crippen LogP contribution is 2.23. The number of fused-ring (bicyclic) bond motifs is 1. The molecule has 1 saturated heterocycles. The van der Waals surface area contributed by atoms with Crippen molar-refractivity contribution in [2.75, 3.05) is 25.0 Å². The predicted molar refractivity (Wildman–Crippen MR) is 112 cm³/mol. The monoisotopic (exact) mass is 393 g/mol. The van der Waals surface area contributed by atoms with Gasteiger partial charge in [0.1, 0.15) is 5.69 Å². The number of rotatable bonds is 5. The number of nitrogens with one attached hydrogen (secondary N) is 1. The second kappa shape index (κ2) is 8.24. The molecular weight excluding hydrogens is 366 g/mol. The average Bonchev–Trinajstić information content (AvgIpc) is 3.13. The van der Waals surface area contributed by atoms with Gasteiger partial charge < -0.3 is 4.90 Å². The summed E-state index contributed by atoms with van der Waals surface area (Å²) in [6, 6.07) is 5.87. The molecule has 3 aromatic rings. The van der Waals surface area contributed by atoms with E-state index in [0.717, 1.165) is 54.6 Å². The van der Waals surface area contributed by atoms with Crippen LogP contribution in [0.15, 0.2) is 30.6 Å². The summed E-state index contributed by atoms with van der Waals surface area (Å²) in [4.78, 5) is 24.1. The zero-order valence-corrected chi connectivity index (χ0v) is 17.2. The fourth-order valence-corrected chi connectivity index (χ4v) is 3.89. The third-order valence-electron chi connectivity index (χ3n) is 5.22. The zero-order valence-electron chi connectivity index (χ0n) is 17.2. The third-order valence-corrected chi connectivity index (χ3v) is 5.22. The van der Waals surface area contributed by atoms with Gasteiger partial charge in [-0.2, -0.15) is 0 Å². The Labute approximate surface area is 170 Å². The van der Waals surface area contributed by atoms with E-state index in [0.29, 0.717) is 11.9 Å². The maximum absolute atomic E-state index is 12.8. The summed E-state index contributed by atoms with van der Waals surface area (Å²) in [5, 5.41) is 12.0. The van der Waals surface area contributed by atoms with Gasteiger partial charge in [0, 0.05) is 37.3 Å². The number of aryl methyl sites for hydroxylation is 1. The summed E-state index contributed by atoms with van der Waals surface area (Å²) >= 11 is 0. The topological polar surface area (TPSA) is 88.8 Å². The van der Waals surface area contributed by atoms with Crippen LogP contribution in [-0.4, -0.2) is 55.4 Å². The number of aromatic nitrogens is 5. The van der Waals surface area contributed by atoms with Crippen LogP contribution in [0.2, 0.25) is 0 Å².